The summed E-state index contributed by atoms with van der Waals surface area (Å²) in [7, 11) is 0. The molecule has 1 aromatic rings. The van der Waals surface area contributed by atoms with Gasteiger partial charge in [0, 0.05) is 11.3 Å². The zero-order valence-corrected chi connectivity index (χ0v) is 10.2. The van der Waals surface area contributed by atoms with Crippen molar-refractivity contribution in [2.24, 2.45) is 0 Å². The number of amides is 1. The van der Waals surface area contributed by atoms with E-state index in [0.29, 0.717) is 24.5 Å². The molecule has 0 aliphatic carbocycles. The number of alkyl carbamates (subject to hydrolysis) is 1. The number of nitrogen functional groups attached to an aromatic ring is 1. The van der Waals surface area contributed by atoms with E-state index in [9.17, 15) is 4.79 Å². The van der Waals surface area contributed by atoms with Gasteiger partial charge in [-0.05, 0) is 24.3 Å². The minimum absolute atomic E-state index is 0.0531. The van der Waals surface area contributed by atoms with E-state index in [4.69, 9.17) is 25.4 Å². The summed E-state index contributed by atoms with van der Waals surface area (Å²) in [6.07, 6.45) is -1.16. The number of amidine groups is 1. The van der Waals surface area contributed by atoms with Crippen LogP contribution < -0.4 is 11.1 Å². The van der Waals surface area contributed by atoms with Crippen LogP contribution in [0.2, 0.25) is 0 Å². The van der Waals surface area contributed by atoms with Crippen molar-refractivity contribution in [2.75, 3.05) is 25.7 Å². The Hall–Kier alpha value is -2.12. The first-order valence-electron chi connectivity index (χ1n) is 5.73. The smallest absolute Gasteiger partial charge is 0.413 e. The Labute approximate surface area is 110 Å². The number of benzene rings is 1. The van der Waals surface area contributed by atoms with E-state index in [2.05, 4.69) is 5.32 Å². The Morgan fingerprint density at radius 2 is 1.95 bits per heavy atom. The molecule has 0 saturated carbocycles. The highest BCUT2D eigenvalue weighted by Gasteiger charge is 2.19. The summed E-state index contributed by atoms with van der Waals surface area (Å²) in [5.74, 6) is -0.0531. The number of hydrogen-bond acceptors (Lipinski definition) is 6. The normalized spacial score (nSPS) is 15.8. The van der Waals surface area contributed by atoms with Crippen LogP contribution in [0, 0.1) is 5.41 Å². The summed E-state index contributed by atoms with van der Waals surface area (Å²) in [4.78, 5) is 11.6. The standard InChI is InChI=1S/C12H15N3O4/c13-9-3-1-8(2-4-9)11(14)15-12(16)19-10-5-17-7-18-6-10/h1-4,10H,5-7,13H2,(H2,14,15,16). The highest BCUT2D eigenvalue weighted by atomic mass is 16.7. The van der Waals surface area contributed by atoms with Crippen molar-refractivity contribution in [3.8, 4) is 0 Å². The first-order chi connectivity index (χ1) is 9.15. The fourth-order valence-corrected chi connectivity index (χ4v) is 1.54. The molecule has 1 fully saturated rings. The number of hydrogen-bond donors (Lipinski definition) is 3. The van der Waals surface area contributed by atoms with Gasteiger partial charge in [-0.1, -0.05) is 0 Å². The van der Waals surface area contributed by atoms with Crippen LogP contribution in [0.15, 0.2) is 24.3 Å². The van der Waals surface area contributed by atoms with Crippen molar-refractivity contribution in [1.82, 2.24) is 5.32 Å². The van der Waals surface area contributed by atoms with E-state index >= 15 is 0 Å². The first-order valence-corrected chi connectivity index (χ1v) is 5.73. The minimum atomic E-state index is -0.707. The number of rotatable bonds is 2. The zero-order valence-electron chi connectivity index (χ0n) is 10.2. The average Bonchev–Trinajstić information content (AvgIpc) is 2.40. The molecule has 1 aliphatic rings. The van der Waals surface area contributed by atoms with Gasteiger partial charge in [0.05, 0.1) is 13.2 Å². The lowest BCUT2D eigenvalue weighted by atomic mass is 10.2. The van der Waals surface area contributed by atoms with Gasteiger partial charge in [0.15, 0.2) is 6.10 Å². The van der Waals surface area contributed by atoms with E-state index < -0.39 is 12.2 Å². The van der Waals surface area contributed by atoms with Crippen LogP contribution in [-0.2, 0) is 14.2 Å². The van der Waals surface area contributed by atoms with Gasteiger partial charge in [-0.25, -0.2) is 4.79 Å². The van der Waals surface area contributed by atoms with Crippen LogP contribution in [0.1, 0.15) is 5.56 Å². The lowest BCUT2D eigenvalue weighted by molar-refractivity contribution is -0.151. The predicted octanol–water partition coefficient (Wildman–Crippen LogP) is 0.693. The molecule has 1 aliphatic heterocycles. The third-order valence-corrected chi connectivity index (χ3v) is 2.47. The van der Waals surface area contributed by atoms with Crippen LogP contribution >= 0.6 is 0 Å². The Kier molecular flexibility index (Phi) is 4.32. The highest BCUT2D eigenvalue weighted by molar-refractivity contribution is 6.04. The van der Waals surface area contributed by atoms with Crippen molar-refractivity contribution in [1.29, 1.82) is 5.41 Å². The van der Waals surface area contributed by atoms with E-state index in [-0.39, 0.29) is 12.6 Å². The number of ether oxygens (including phenoxy) is 3. The van der Waals surface area contributed by atoms with Gasteiger partial charge in [-0.3, -0.25) is 10.7 Å². The second-order valence-corrected chi connectivity index (χ2v) is 4.01. The van der Waals surface area contributed by atoms with Gasteiger partial charge in [-0.15, -0.1) is 0 Å². The largest absolute Gasteiger partial charge is 0.441 e. The van der Waals surface area contributed by atoms with E-state index in [0.717, 1.165) is 0 Å². The molecule has 7 nitrogen and oxygen atoms in total. The van der Waals surface area contributed by atoms with Crippen LogP contribution in [0.4, 0.5) is 10.5 Å². The van der Waals surface area contributed by atoms with Crippen molar-refractivity contribution in [3.05, 3.63) is 29.8 Å². The summed E-state index contributed by atoms with van der Waals surface area (Å²) in [5, 5.41) is 10.1. The number of nitrogens with one attached hydrogen (secondary N) is 2. The number of carbonyl (C=O) groups is 1. The van der Waals surface area contributed by atoms with Crippen molar-refractivity contribution in [2.45, 2.75) is 6.10 Å². The molecule has 0 radical (unpaired) electrons. The molecule has 7 heteroatoms. The maximum absolute atomic E-state index is 11.6. The SMILES string of the molecule is N=C(NC(=O)OC1COCOC1)c1ccc(N)cc1. The Balaban J connectivity index is 1.84. The monoisotopic (exact) mass is 265 g/mol. The second-order valence-electron chi connectivity index (χ2n) is 4.01. The Morgan fingerprint density at radius 1 is 1.32 bits per heavy atom. The Bertz CT molecular complexity index is 455. The summed E-state index contributed by atoms with van der Waals surface area (Å²) in [5.41, 5.74) is 6.68. The molecule has 0 aromatic heterocycles. The molecule has 19 heavy (non-hydrogen) atoms. The quantitative estimate of drug-likeness (QED) is 0.414. The third kappa shape index (κ3) is 3.94. The molecule has 1 heterocycles. The molecular weight excluding hydrogens is 250 g/mol. The highest BCUT2D eigenvalue weighted by Crippen LogP contribution is 2.06. The molecule has 102 valence electrons. The maximum Gasteiger partial charge on any atom is 0.413 e. The van der Waals surface area contributed by atoms with Gasteiger partial charge in [-0.2, -0.15) is 0 Å². The minimum Gasteiger partial charge on any atom is -0.441 e. The predicted molar refractivity (Wildman–Crippen MR) is 67.9 cm³/mol. The van der Waals surface area contributed by atoms with Gasteiger partial charge in [0.25, 0.3) is 0 Å². The lowest BCUT2D eigenvalue weighted by Gasteiger charge is -2.22. The second kappa shape index (κ2) is 6.17. The summed E-state index contributed by atoms with van der Waals surface area (Å²) >= 11 is 0. The molecule has 4 N–H and O–H groups in total. The topological polar surface area (TPSA) is 107 Å². The lowest BCUT2D eigenvalue weighted by Crippen LogP contribution is -2.39. The summed E-state index contributed by atoms with van der Waals surface area (Å²) in [6.45, 7) is 0.800. The van der Waals surface area contributed by atoms with E-state index in [1.807, 2.05) is 0 Å². The maximum atomic E-state index is 11.6. The first kappa shape index (κ1) is 13.3. The number of carbonyl (C=O) groups excluding carboxylic acids is 1. The molecule has 0 atom stereocenters. The molecule has 0 spiro atoms. The number of nitrogens with two attached hydrogens (primary N) is 1. The molecule has 1 aromatic carbocycles. The average molecular weight is 265 g/mol. The van der Waals surface area contributed by atoms with Crippen molar-refractivity contribution >= 4 is 17.6 Å². The number of anilines is 1. The zero-order chi connectivity index (χ0) is 13.7. The van der Waals surface area contributed by atoms with Crippen molar-refractivity contribution in [3.63, 3.8) is 0 Å². The van der Waals surface area contributed by atoms with Crippen LogP contribution in [-0.4, -0.2) is 38.0 Å². The summed E-state index contributed by atoms with van der Waals surface area (Å²) in [6, 6.07) is 6.59. The van der Waals surface area contributed by atoms with Gasteiger partial charge >= 0.3 is 6.09 Å². The van der Waals surface area contributed by atoms with Crippen LogP contribution in [0.3, 0.4) is 0 Å². The molecular formula is C12H15N3O4. The summed E-state index contributed by atoms with van der Waals surface area (Å²) < 4.78 is 15.0. The van der Waals surface area contributed by atoms with Crippen molar-refractivity contribution < 1.29 is 19.0 Å². The third-order valence-electron chi connectivity index (χ3n) is 2.47. The van der Waals surface area contributed by atoms with Gasteiger partial charge in [0.2, 0.25) is 0 Å². The van der Waals surface area contributed by atoms with Crippen LogP contribution in [0.5, 0.6) is 0 Å². The van der Waals surface area contributed by atoms with Gasteiger partial charge < -0.3 is 19.9 Å². The van der Waals surface area contributed by atoms with Crippen LogP contribution in [0.25, 0.3) is 0 Å². The molecule has 1 amide bonds. The van der Waals surface area contributed by atoms with E-state index in [1.165, 1.54) is 0 Å². The molecule has 2 rings (SSSR count). The Morgan fingerprint density at radius 3 is 2.58 bits per heavy atom. The molecule has 1 saturated heterocycles. The van der Waals surface area contributed by atoms with Gasteiger partial charge in [0.1, 0.15) is 12.6 Å². The molecule has 0 unspecified atom stereocenters. The fraction of sp³-hybridized carbons (Fsp3) is 0.333. The molecule has 0 bridgehead atoms. The fourth-order valence-electron chi connectivity index (χ4n) is 1.54. The van der Waals surface area contributed by atoms with E-state index in [1.54, 1.807) is 24.3 Å².